The minimum Gasteiger partial charge on any atom is -0.441 e. The zero-order valence-corrected chi connectivity index (χ0v) is 17.2. The lowest BCUT2D eigenvalue weighted by molar-refractivity contribution is -0.123. The molecule has 2 heterocycles. The first-order valence-corrected chi connectivity index (χ1v) is 10.4. The smallest absolute Gasteiger partial charge is 0.221 e. The molecule has 1 atom stereocenters. The molecular weight excluding hydrogens is 392 g/mol. The van der Waals surface area contributed by atoms with Gasteiger partial charge in [0.1, 0.15) is 0 Å². The van der Waals surface area contributed by atoms with E-state index < -0.39 is 0 Å². The van der Waals surface area contributed by atoms with Crippen LogP contribution in [0.2, 0.25) is 5.02 Å². The maximum absolute atomic E-state index is 12.1. The van der Waals surface area contributed by atoms with Crippen LogP contribution in [-0.4, -0.2) is 47.9 Å². The molecule has 0 radical (unpaired) electrons. The van der Waals surface area contributed by atoms with Crippen LogP contribution in [0.1, 0.15) is 31.6 Å². The highest BCUT2D eigenvalue weighted by atomic mass is 35.5. The Labute approximate surface area is 175 Å². The Hall–Kier alpha value is -2.38. The number of benzene rings is 1. The molecular formula is C21H27ClN4O3. The molecule has 7 nitrogen and oxygen atoms in total. The van der Waals surface area contributed by atoms with Gasteiger partial charge in [-0.25, -0.2) is 4.98 Å². The van der Waals surface area contributed by atoms with Gasteiger partial charge in [0.25, 0.3) is 0 Å². The van der Waals surface area contributed by atoms with E-state index in [0.29, 0.717) is 36.1 Å². The molecule has 1 aliphatic heterocycles. The molecule has 1 unspecified atom stereocenters. The summed E-state index contributed by atoms with van der Waals surface area (Å²) in [4.78, 5) is 29.9. The fraction of sp³-hybridized carbons (Fsp3) is 0.476. The van der Waals surface area contributed by atoms with E-state index in [4.69, 9.17) is 21.8 Å². The molecule has 1 aliphatic rings. The molecule has 29 heavy (non-hydrogen) atoms. The summed E-state index contributed by atoms with van der Waals surface area (Å²) in [5.41, 5.74) is 6.19. The number of rotatable bonds is 9. The Kier molecular flexibility index (Phi) is 7.66. The molecule has 1 aromatic heterocycles. The number of amides is 2. The molecule has 3 rings (SSSR count). The van der Waals surface area contributed by atoms with E-state index in [1.807, 2.05) is 18.2 Å². The molecule has 1 aromatic carbocycles. The summed E-state index contributed by atoms with van der Waals surface area (Å²) >= 11 is 6.17. The van der Waals surface area contributed by atoms with Crippen molar-refractivity contribution in [3.63, 3.8) is 0 Å². The van der Waals surface area contributed by atoms with Gasteiger partial charge in [-0.2, -0.15) is 0 Å². The van der Waals surface area contributed by atoms with Crippen LogP contribution in [0.3, 0.4) is 0 Å². The molecule has 1 saturated heterocycles. The number of likely N-dealkylation sites (tertiary alicyclic amines) is 1. The summed E-state index contributed by atoms with van der Waals surface area (Å²) < 4.78 is 5.72. The van der Waals surface area contributed by atoms with Crippen molar-refractivity contribution in [3.05, 3.63) is 41.4 Å². The molecule has 0 bridgehead atoms. The number of halogens is 1. The van der Waals surface area contributed by atoms with Crippen molar-refractivity contribution in [2.45, 2.75) is 32.1 Å². The molecule has 3 N–H and O–H groups in total. The summed E-state index contributed by atoms with van der Waals surface area (Å²) in [5.74, 6) is 0.820. The van der Waals surface area contributed by atoms with Crippen LogP contribution in [0.4, 0.5) is 0 Å². The van der Waals surface area contributed by atoms with Gasteiger partial charge in [0, 0.05) is 31.5 Å². The second kappa shape index (κ2) is 10.4. The van der Waals surface area contributed by atoms with Gasteiger partial charge in [-0.15, -0.1) is 0 Å². The van der Waals surface area contributed by atoms with E-state index in [1.54, 1.807) is 12.3 Å². The van der Waals surface area contributed by atoms with Gasteiger partial charge in [0.05, 0.1) is 17.1 Å². The monoisotopic (exact) mass is 418 g/mol. The largest absolute Gasteiger partial charge is 0.441 e. The zero-order chi connectivity index (χ0) is 20.6. The SMILES string of the molecule is NC(=O)C1CCCN(CCCNC(=O)CCc2ncc(-c3ccccc3Cl)o2)C1. The summed E-state index contributed by atoms with van der Waals surface area (Å²) in [5, 5.41) is 3.53. The number of primary amides is 1. The summed E-state index contributed by atoms with van der Waals surface area (Å²) in [7, 11) is 0. The minimum atomic E-state index is -0.216. The number of nitrogens with one attached hydrogen (secondary N) is 1. The topological polar surface area (TPSA) is 101 Å². The zero-order valence-electron chi connectivity index (χ0n) is 16.4. The average molecular weight is 419 g/mol. The predicted molar refractivity (Wildman–Crippen MR) is 111 cm³/mol. The number of aromatic nitrogens is 1. The van der Waals surface area contributed by atoms with Crippen LogP contribution >= 0.6 is 11.6 Å². The fourth-order valence-corrected chi connectivity index (χ4v) is 3.77. The first-order chi connectivity index (χ1) is 14.0. The lowest BCUT2D eigenvalue weighted by Crippen LogP contribution is -2.42. The molecule has 2 amide bonds. The van der Waals surface area contributed by atoms with Gasteiger partial charge in [-0.05, 0) is 44.5 Å². The van der Waals surface area contributed by atoms with E-state index in [2.05, 4.69) is 15.2 Å². The third-order valence-corrected chi connectivity index (χ3v) is 5.47. The van der Waals surface area contributed by atoms with Crippen molar-refractivity contribution in [1.82, 2.24) is 15.2 Å². The fourth-order valence-electron chi connectivity index (χ4n) is 3.54. The number of oxazole rings is 1. The van der Waals surface area contributed by atoms with Crippen LogP contribution in [0, 0.1) is 5.92 Å². The number of carbonyl (C=O) groups excluding carboxylic acids is 2. The number of nitrogens with zero attached hydrogens (tertiary/aromatic N) is 2. The van der Waals surface area contributed by atoms with Crippen molar-refractivity contribution in [2.24, 2.45) is 11.7 Å². The molecule has 0 spiro atoms. The van der Waals surface area contributed by atoms with Crippen molar-refractivity contribution in [3.8, 4) is 11.3 Å². The molecule has 156 valence electrons. The Balaban J connectivity index is 1.34. The van der Waals surface area contributed by atoms with Crippen molar-refractivity contribution >= 4 is 23.4 Å². The maximum Gasteiger partial charge on any atom is 0.221 e. The van der Waals surface area contributed by atoms with E-state index in [9.17, 15) is 9.59 Å². The summed E-state index contributed by atoms with van der Waals surface area (Å²) in [6, 6.07) is 7.40. The normalized spacial score (nSPS) is 17.2. The maximum atomic E-state index is 12.1. The predicted octanol–water partition coefficient (Wildman–Crippen LogP) is 2.63. The highest BCUT2D eigenvalue weighted by Crippen LogP contribution is 2.28. The quantitative estimate of drug-likeness (QED) is 0.609. The van der Waals surface area contributed by atoms with Crippen LogP contribution in [0.15, 0.2) is 34.9 Å². The van der Waals surface area contributed by atoms with E-state index in [1.165, 1.54) is 0 Å². The van der Waals surface area contributed by atoms with Crippen molar-refractivity contribution in [1.29, 1.82) is 0 Å². The number of aryl methyl sites for hydroxylation is 1. The van der Waals surface area contributed by atoms with Crippen LogP contribution in [0.5, 0.6) is 0 Å². The minimum absolute atomic E-state index is 0.0313. The van der Waals surface area contributed by atoms with Crippen LogP contribution in [-0.2, 0) is 16.0 Å². The van der Waals surface area contributed by atoms with Gasteiger partial charge in [0.15, 0.2) is 11.7 Å². The summed E-state index contributed by atoms with van der Waals surface area (Å²) in [6.07, 6.45) is 5.09. The van der Waals surface area contributed by atoms with Crippen molar-refractivity contribution < 1.29 is 14.0 Å². The van der Waals surface area contributed by atoms with Crippen LogP contribution in [0.25, 0.3) is 11.3 Å². The number of hydrogen-bond acceptors (Lipinski definition) is 5. The first-order valence-electron chi connectivity index (χ1n) is 10.0. The Morgan fingerprint density at radius 3 is 2.97 bits per heavy atom. The average Bonchev–Trinajstić information content (AvgIpc) is 3.19. The van der Waals surface area contributed by atoms with E-state index >= 15 is 0 Å². The Morgan fingerprint density at radius 1 is 1.34 bits per heavy atom. The lowest BCUT2D eigenvalue weighted by atomic mass is 9.97. The second-order valence-electron chi connectivity index (χ2n) is 7.34. The number of carbonyl (C=O) groups is 2. The third kappa shape index (κ3) is 6.30. The van der Waals surface area contributed by atoms with Gasteiger partial charge < -0.3 is 20.4 Å². The van der Waals surface area contributed by atoms with Gasteiger partial charge in [0.2, 0.25) is 11.8 Å². The van der Waals surface area contributed by atoms with Gasteiger partial charge >= 0.3 is 0 Å². The first kappa shape index (κ1) is 21.3. The molecule has 1 fully saturated rings. The van der Waals surface area contributed by atoms with Gasteiger partial charge in [-0.3, -0.25) is 9.59 Å². The standard InChI is InChI=1S/C21H27ClN4O3/c22-17-7-2-1-6-16(17)18-13-25-20(29-18)9-8-19(27)24-10-4-12-26-11-3-5-15(14-26)21(23)28/h1-2,6-7,13,15H,3-5,8-12,14H2,(H2,23,28)(H,24,27). The van der Waals surface area contributed by atoms with Crippen LogP contribution < -0.4 is 11.1 Å². The molecule has 2 aromatic rings. The third-order valence-electron chi connectivity index (χ3n) is 5.14. The molecule has 8 heteroatoms. The number of hydrogen-bond donors (Lipinski definition) is 2. The molecule has 0 saturated carbocycles. The number of nitrogens with two attached hydrogens (primary N) is 1. The Morgan fingerprint density at radius 2 is 2.17 bits per heavy atom. The lowest BCUT2D eigenvalue weighted by Gasteiger charge is -2.31. The molecule has 0 aliphatic carbocycles. The van der Waals surface area contributed by atoms with Gasteiger partial charge in [-0.1, -0.05) is 23.7 Å². The highest BCUT2D eigenvalue weighted by molar-refractivity contribution is 6.33. The Bertz CT molecular complexity index is 839. The highest BCUT2D eigenvalue weighted by Gasteiger charge is 2.23. The van der Waals surface area contributed by atoms with E-state index in [0.717, 1.165) is 44.5 Å². The van der Waals surface area contributed by atoms with E-state index in [-0.39, 0.29) is 17.7 Å². The summed E-state index contributed by atoms with van der Waals surface area (Å²) in [6.45, 7) is 3.16. The second-order valence-corrected chi connectivity index (χ2v) is 7.75. The number of piperidine rings is 1. The van der Waals surface area contributed by atoms with Crippen molar-refractivity contribution in [2.75, 3.05) is 26.2 Å².